The van der Waals surface area contributed by atoms with Crippen molar-refractivity contribution in [3.05, 3.63) is 29.3 Å². The summed E-state index contributed by atoms with van der Waals surface area (Å²) in [5.41, 5.74) is 2.14. The average molecular weight is 307 g/mol. The molecule has 0 heterocycles. The highest BCUT2D eigenvalue weighted by Gasteiger charge is 2.05. The van der Waals surface area contributed by atoms with Crippen LogP contribution < -0.4 is 10.1 Å². The lowest BCUT2D eigenvalue weighted by Gasteiger charge is -2.11. The van der Waals surface area contributed by atoms with Crippen molar-refractivity contribution < 1.29 is 19.4 Å². The van der Waals surface area contributed by atoms with E-state index in [4.69, 9.17) is 9.84 Å². The van der Waals surface area contributed by atoms with Crippen LogP contribution in [0.15, 0.2) is 18.2 Å². The molecule has 0 bridgehead atoms. The summed E-state index contributed by atoms with van der Waals surface area (Å²) in [6.07, 6.45) is 2.58. The minimum Gasteiger partial charge on any atom is -0.494 e. The number of ether oxygens (including phenoxy) is 1. The fraction of sp³-hybridized carbons (Fsp3) is 0.529. The monoisotopic (exact) mass is 307 g/mol. The maximum Gasteiger partial charge on any atom is 0.303 e. The molecule has 22 heavy (non-hydrogen) atoms. The maximum absolute atomic E-state index is 11.7. The van der Waals surface area contributed by atoms with E-state index in [-0.39, 0.29) is 12.3 Å². The minimum absolute atomic E-state index is 0.0453. The van der Waals surface area contributed by atoms with Crippen LogP contribution in [0.4, 0.5) is 0 Å². The molecule has 0 fully saturated rings. The first-order valence-corrected chi connectivity index (χ1v) is 7.73. The zero-order valence-corrected chi connectivity index (χ0v) is 13.4. The quantitative estimate of drug-likeness (QED) is 0.651. The van der Waals surface area contributed by atoms with Gasteiger partial charge in [-0.15, -0.1) is 0 Å². The summed E-state index contributed by atoms with van der Waals surface area (Å²) in [5.74, 6) is -0.0133. The molecule has 1 aromatic rings. The topological polar surface area (TPSA) is 75.6 Å². The highest BCUT2D eigenvalue weighted by Crippen LogP contribution is 2.17. The van der Waals surface area contributed by atoms with Crippen LogP contribution in [0.25, 0.3) is 0 Å². The molecule has 1 amide bonds. The first-order chi connectivity index (χ1) is 10.5. The summed E-state index contributed by atoms with van der Waals surface area (Å²) in [5, 5.41) is 11.4. The fourth-order valence-corrected chi connectivity index (χ4v) is 2.02. The van der Waals surface area contributed by atoms with Crippen LogP contribution in [0.2, 0.25) is 0 Å². The number of carboxylic acids is 1. The molecule has 0 aromatic heterocycles. The highest BCUT2D eigenvalue weighted by molar-refractivity contribution is 5.76. The van der Waals surface area contributed by atoms with Crippen LogP contribution in [-0.4, -0.2) is 23.6 Å². The number of hydrogen-bond donors (Lipinski definition) is 2. The molecule has 0 aliphatic heterocycles. The Labute approximate surface area is 131 Å². The van der Waals surface area contributed by atoms with Gasteiger partial charge in [0.1, 0.15) is 5.75 Å². The lowest BCUT2D eigenvalue weighted by molar-refractivity contribution is -0.137. The Morgan fingerprint density at radius 1 is 1.23 bits per heavy atom. The van der Waals surface area contributed by atoms with E-state index in [2.05, 4.69) is 12.2 Å². The van der Waals surface area contributed by atoms with Gasteiger partial charge in [0, 0.05) is 19.4 Å². The third kappa shape index (κ3) is 7.11. The number of rotatable bonds is 10. The number of carboxylic acid groups (broad SMARTS) is 1. The van der Waals surface area contributed by atoms with E-state index in [9.17, 15) is 9.59 Å². The van der Waals surface area contributed by atoms with Crippen molar-refractivity contribution in [3.8, 4) is 5.75 Å². The average Bonchev–Trinajstić information content (AvgIpc) is 2.48. The summed E-state index contributed by atoms with van der Waals surface area (Å²) in [6, 6.07) is 5.85. The molecule has 5 heteroatoms. The summed E-state index contributed by atoms with van der Waals surface area (Å²) in [7, 11) is 0. The molecule has 0 aliphatic rings. The Morgan fingerprint density at radius 3 is 2.59 bits per heavy atom. The van der Waals surface area contributed by atoms with Crippen LogP contribution in [0.3, 0.4) is 0 Å². The summed E-state index contributed by atoms with van der Waals surface area (Å²) in [4.78, 5) is 22.1. The van der Waals surface area contributed by atoms with Gasteiger partial charge >= 0.3 is 5.97 Å². The lowest BCUT2D eigenvalue weighted by atomic mass is 10.1. The fourth-order valence-electron chi connectivity index (χ4n) is 2.02. The Hall–Kier alpha value is -2.04. The second-order valence-electron chi connectivity index (χ2n) is 5.31. The standard InChI is InChI=1S/C17H25NO4/c1-3-10-22-15-9-8-14(13(2)11-15)12-18-16(19)6-4-5-7-17(20)21/h8-9,11H,3-7,10,12H2,1-2H3,(H,18,19)(H,20,21). The van der Waals surface area contributed by atoms with Crippen LogP contribution in [-0.2, 0) is 16.1 Å². The number of carbonyl (C=O) groups excluding carboxylic acids is 1. The molecule has 0 saturated heterocycles. The Balaban J connectivity index is 2.34. The van der Waals surface area contributed by atoms with E-state index in [0.29, 0.717) is 32.4 Å². The molecule has 2 N–H and O–H groups in total. The molecule has 122 valence electrons. The number of hydrogen-bond acceptors (Lipinski definition) is 3. The molecular weight excluding hydrogens is 282 g/mol. The summed E-state index contributed by atoms with van der Waals surface area (Å²) < 4.78 is 5.57. The second-order valence-corrected chi connectivity index (χ2v) is 5.31. The van der Waals surface area contributed by atoms with Crippen LogP contribution in [0.1, 0.15) is 50.2 Å². The van der Waals surface area contributed by atoms with E-state index in [1.54, 1.807) is 0 Å². The maximum atomic E-state index is 11.7. The Bertz CT molecular complexity index is 499. The van der Waals surface area contributed by atoms with E-state index >= 15 is 0 Å². The third-order valence-electron chi connectivity index (χ3n) is 3.31. The van der Waals surface area contributed by atoms with Gasteiger partial charge in [0.15, 0.2) is 0 Å². The second kappa shape index (κ2) is 9.82. The van der Waals surface area contributed by atoms with Gasteiger partial charge in [0.25, 0.3) is 0 Å². The zero-order valence-electron chi connectivity index (χ0n) is 13.4. The van der Waals surface area contributed by atoms with E-state index in [1.165, 1.54) is 0 Å². The SMILES string of the molecule is CCCOc1ccc(CNC(=O)CCCCC(=O)O)c(C)c1. The molecular formula is C17H25NO4. The van der Waals surface area contributed by atoms with Crippen LogP contribution in [0, 0.1) is 6.92 Å². The number of aliphatic carboxylic acids is 1. The van der Waals surface area contributed by atoms with Crippen molar-refractivity contribution in [2.24, 2.45) is 0 Å². The number of amides is 1. The van der Waals surface area contributed by atoms with E-state index < -0.39 is 5.97 Å². The number of aryl methyl sites for hydroxylation is 1. The smallest absolute Gasteiger partial charge is 0.303 e. The van der Waals surface area contributed by atoms with Gasteiger partial charge in [-0.2, -0.15) is 0 Å². The van der Waals surface area contributed by atoms with Crippen molar-refractivity contribution in [1.82, 2.24) is 5.32 Å². The summed E-state index contributed by atoms with van der Waals surface area (Å²) >= 11 is 0. The molecule has 0 radical (unpaired) electrons. The van der Waals surface area contributed by atoms with Gasteiger partial charge in [0.05, 0.1) is 6.61 Å². The van der Waals surface area contributed by atoms with Crippen molar-refractivity contribution in [2.75, 3.05) is 6.61 Å². The van der Waals surface area contributed by atoms with Gasteiger partial charge in [-0.1, -0.05) is 13.0 Å². The van der Waals surface area contributed by atoms with E-state index in [0.717, 1.165) is 23.3 Å². The molecule has 0 unspecified atom stereocenters. The number of unbranched alkanes of at least 4 members (excludes halogenated alkanes) is 1. The first kappa shape index (κ1) is 18.0. The number of nitrogens with one attached hydrogen (secondary N) is 1. The highest BCUT2D eigenvalue weighted by atomic mass is 16.5. The number of carbonyl (C=O) groups is 2. The van der Waals surface area contributed by atoms with Gasteiger partial charge in [-0.05, 0) is 49.4 Å². The van der Waals surface area contributed by atoms with Crippen molar-refractivity contribution in [1.29, 1.82) is 0 Å². The third-order valence-corrected chi connectivity index (χ3v) is 3.31. The van der Waals surface area contributed by atoms with Gasteiger partial charge in [-0.25, -0.2) is 0 Å². The zero-order chi connectivity index (χ0) is 16.4. The normalized spacial score (nSPS) is 10.3. The predicted molar refractivity (Wildman–Crippen MR) is 84.9 cm³/mol. The van der Waals surface area contributed by atoms with Gasteiger partial charge < -0.3 is 15.2 Å². The number of benzene rings is 1. The van der Waals surface area contributed by atoms with Crippen molar-refractivity contribution in [2.45, 2.75) is 52.5 Å². The van der Waals surface area contributed by atoms with Crippen molar-refractivity contribution >= 4 is 11.9 Å². The molecule has 0 spiro atoms. The van der Waals surface area contributed by atoms with Crippen molar-refractivity contribution in [3.63, 3.8) is 0 Å². The molecule has 1 aromatic carbocycles. The predicted octanol–water partition coefficient (Wildman–Crippen LogP) is 3.05. The Kier molecular flexibility index (Phi) is 8.04. The van der Waals surface area contributed by atoms with Crippen LogP contribution in [0.5, 0.6) is 5.75 Å². The van der Waals surface area contributed by atoms with E-state index in [1.807, 2.05) is 25.1 Å². The minimum atomic E-state index is -0.818. The molecule has 0 saturated carbocycles. The van der Waals surface area contributed by atoms with Crippen LogP contribution >= 0.6 is 0 Å². The van der Waals surface area contributed by atoms with Gasteiger partial charge in [0.2, 0.25) is 5.91 Å². The molecule has 0 aliphatic carbocycles. The molecule has 1 rings (SSSR count). The molecule has 5 nitrogen and oxygen atoms in total. The largest absolute Gasteiger partial charge is 0.494 e. The Morgan fingerprint density at radius 2 is 1.95 bits per heavy atom. The lowest BCUT2D eigenvalue weighted by Crippen LogP contribution is -2.22. The first-order valence-electron chi connectivity index (χ1n) is 7.73. The molecule has 0 atom stereocenters. The summed E-state index contributed by atoms with van der Waals surface area (Å²) in [6.45, 7) is 5.24. The van der Waals surface area contributed by atoms with Gasteiger partial charge in [-0.3, -0.25) is 9.59 Å².